The lowest BCUT2D eigenvalue weighted by molar-refractivity contribution is -0.122. The average Bonchev–Trinajstić information content (AvgIpc) is 2.93. The van der Waals surface area contributed by atoms with Gasteiger partial charge in [0.2, 0.25) is 0 Å². The molecular formula is C15H19NOS3. The lowest BCUT2D eigenvalue weighted by Gasteiger charge is -2.13. The lowest BCUT2D eigenvalue weighted by atomic mass is 10.2. The van der Waals surface area contributed by atoms with Crippen LogP contribution in [0.25, 0.3) is 6.08 Å². The maximum atomic E-state index is 12.4. The van der Waals surface area contributed by atoms with Crippen molar-refractivity contribution in [3.05, 3.63) is 26.8 Å². The molecule has 0 atom stereocenters. The van der Waals surface area contributed by atoms with Gasteiger partial charge in [0.1, 0.15) is 4.32 Å². The fourth-order valence-corrected chi connectivity index (χ4v) is 4.26. The van der Waals surface area contributed by atoms with E-state index in [1.807, 2.05) is 11.5 Å². The van der Waals surface area contributed by atoms with Crippen LogP contribution < -0.4 is 0 Å². The zero-order valence-electron chi connectivity index (χ0n) is 11.8. The third kappa shape index (κ3) is 3.71. The molecule has 2 rings (SSSR count). The number of thiocarbonyl (C=S) groups is 1. The normalized spacial score (nSPS) is 17.5. The Kier molecular flexibility index (Phi) is 5.81. The van der Waals surface area contributed by atoms with E-state index >= 15 is 0 Å². The van der Waals surface area contributed by atoms with Crippen LogP contribution >= 0.6 is 35.3 Å². The van der Waals surface area contributed by atoms with Gasteiger partial charge < -0.3 is 0 Å². The topological polar surface area (TPSA) is 20.3 Å². The molecule has 0 N–H and O–H groups in total. The van der Waals surface area contributed by atoms with Gasteiger partial charge >= 0.3 is 0 Å². The van der Waals surface area contributed by atoms with E-state index in [9.17, 15) is 4.79 Å². The molecule has 0 unspecified atom stereocenters. The predicted molar refractivity (Wildman–Crippen MR) is 93.1 cm³/mol. The van der Waals surface area contributed by atoms with Gasteiger partial charge in [0.05, 0.1) is 4.91 Å². The van der Waals surface area contributed by atoms with Crippen LogP contribution in [0.4, 0.5) is 0 Å². The first kappa shape index (κ1) is 15.7. The molecule has 0 aliphatic carbocycles. The molecule has 1 saturated heterocycles. The minimum absolute atomic E-state index is 0.0734. The predicted octanol–water partition coefficient (Wildman–Crippen LogP) is 4.84. The zero-order valence-corrected chi connectivity index (χ0v) is 14.3. The maximum Gasteiger partial charge on any atom is 0.266 e. The first-order valence-electron chi connectivity index (χ1n) is 6.93. The monoisotopic (exact) mass is 325 g/mol. The Hall–Kier alpha value is -0.650. The van der Waals surface area contributed by atoms with E-state index in [0.717, 1.165) is 29.2 Å². The Morgan fingerprint density at radius 3 is 2.80 bits per heavy atom. The molecule has 5 heteroatoms. The van der Waals surface area contributed by atoms with Gasteiger partial charge in [-0.3, -0.25) is 9.69 Å². The van der Waals surface area contributed by atoms with Crippen LogP contribution in [0.15, 0.2) is 16.4 Å². The second-order valence-electron chi connectivity index (χ2n) is 4.86. The Morgan fingerprint density at radius 1 is 1.35 bits per heavy atom. The van der Waals surface area contributed by atoms with Gasteiger partial charge in [-0.25, -0.2) is 0 Å². The molecular weight excluding hydrogens is 306 g/mol. The molecule has 2 nitrogen and oxygen atoms in total. The molecule has 1 fully saturated rings. The Bertz CT molecular complexity index is 533. The van der Waals surface area contributed by atoms with Crippen molar-refractivity contribution in [2.45, 2.75) is 39.5 Å². The number of nitrogens with zero attached hydrogens (tertiary/aromatic N) is 1. The first-order valence-corrected chi connectivity index (χ1v) is 9.03. The minimum atomic E-state index is 0.0734. The van der Waals surface area contributed by atoms with E-state index < -0.39 is 0 Å². The quantitative estimate of drug-likeness (QED) is 0.424. The van der Waals surface area contributed by atoms with Gasteiger partial charge in [-0.05, 0) is 36.4 Å². The second-order valence-corrected chi connectivity index (χ2v) is 7.49. The summed E-state index contributed by atoms with van der Waals surface area (Å²) in [5.74, 6) is 0.0734. The summed E-state index contributed by atoms with van der Waals surface area (Å²) in [6.45, 7) is 5.00. The molecule has 0 spiro atoms. The SMILES string of the molecule is CCCCCCN1C(=O)/C(=C/c2sccc2C)SC1=S. The van der Waals surface area contributed by atoms with E-state index in [1.165, 1.54) is 30.2 Å². The van der Waals surface area contributed by atoms with Crippen LogP contribution in [0.1, 0.15) is 43.0 Å². The smallest absolute Gasteiger partial charge is 0.266 e. The van der Waals surface area contributed by atoms with Crippen LogP contribution in [0.2, 0.25) is 0 Å². The number of thiophene rings is 1. The highest BCUT2D eigenvalue weighted by Crippen LogP contribution is 2.34. The number of thioether (sulfide) groups is 1. The number of carbonyl (C=O) groups is 1. The van der Waals surface area contributed by atoms with Gasteiger partial charge in [0.25, 0.3) is 5.91 Å². The Balaban J connectivity index is 2.01. The summed E-state index contributed by atoms with van der Waals surface area (Å²) < 4.78 is 0.701. The van der Waals surface area contributed by atoms with Gasteiger partial charge in [0.15, 0.2) is 0 Å². The largest absolute Gasteiger partial charge is 0.293 e. The highest BCUT2D eigenvalue weighted by atomic mass is 32.2. The molecule has 0 saturated carbocycles. The average molecular weight is 326 g/mol. The molecule has 108 valence electrons. The van der Waals surface area contributed by atoms with Gasteiger partial charge in [-0.1, -0.05) is 50.2 Å². The van der Waals surface area contributed by atoms with Crippen molar-refractivity contribution < 1.29 is 4.79 Å². The standard InChI is InChI=1S/C15H19NOS3/c1-3-4-5-6-8-16-14(17)13(20-15(16)18)10-12-11(2)7-9-19-12/h7,9-10H,3-6,8H2,1-2H3/b13-10-. The van der Waals surface area contributed by atoms with Crippen molar-refractivity contribution in [1.82, 2.24) is 4.90 Å². The third-order valence-corrected chi connectivity index (χ3v) is 5.62. The van der Waals surface area contributed by atoms with E-state index in [1.54, 1.807) is 16.2 Å². The van der Waals surface area contributed by atoms with E-state index in [2.05, 4.69) is 19.9 Å². The number of carbonyl (C=O) groups excluding carboxylic acids is 1. The molecule has 1 aromatic heterocycles. The fraction of sp³-hybridized carbons (Fsp3) is 0.467. The number of hydrogen-bond acceptors (Lipinski definition) is 4. The second kappa shape index (κ2) is 7.38. The maximum absolute atomic E-state index is 12.4. The van der Waals surface area contributed by atoms with Crippen LogP contribution in [0, 0.1) is 6.92 Å². The molecule has 1 amide bonds. The molecule has 2 heterocycles. The summed E-state index contributed by atoms with van der Waals surface area (Å²) in [6.07, 6.45) is 6.60. The highest BCUT2D eigenvalue weighted by molar-refractivity contribution is 8.26. The molecule has 20 heavy (non-hydrogen) atoms. The number of amides is 1. The van der Waals surface area contributed by atoms with Gasteiger partial charge in [-0.2, -0.15) is 0 Å². The minimum Gasteiger partial charge on any atom is -0.293 e. The van der Waals surface area contributed by atoms with Crippen LogP contribution in [0.3, 0.4) is 0 Å². The van der Waals surface area contributed by atoms with Crippen molar-refractivity contribution in [2.75, 3.05) is 6.54 Å². The summed E-state index contributed by atoms with van der Waals surface area (Å²) >= 11 is 8.42. The molecule has 0 radical (unpaired) electrons. The van der Waals surface area contributed by atoms with Crippen molar-refractivity contribution in [2.24, 2.45) is 0 Å². The molecule has 1 aromatic rings. The molecule has 0 aromatic carbocycles. The summed E-state index contributed by atoms with van der Waals surface area (Å²) in [4.78, 5) is 16.0. The molecule has 0 bridgehead atoms. The van der Waals surface area contributed by atoms with E-state index in [4.69, 9.17) is 12.2 Å². The third-order valence-electron chi connectivity index (χ3n) is 3.27. The van der Waals surface area contributed by atoms with Crippen LogP contribution in [-0.4, -0.2) is 21.7 Å². The highest BCUT2D eigenvalue weighted by Gasteiger charge is 2.31. The van der Waals surface area contributed by atoms with Crippen LogP contribution in [-0.2, 0) is 4.79 Å². The van der Waals surface area contributed by atoms with Crippen LogP contribution in [0.5, 0.6) is 0 Å². The molecule has 1 aliphatic heterocycles. The Labute approximate surface area is 134 Å². The van der Waals surface area contributed by atoms with Crippen molar-refractivity contribution >= 4 is 51.6 Å². The zero-order chi connectivity index (χ0) is 14.5. The van der Waals surface area contributed by atoms with Crippen molar-refractivity contribution in [3.8, 4) is 0 Å². The summed E-state index contributed by atoms with van der Waals surface area (Å²) in [6, 6.07) is 2.07. The number of rotatable bonds is 6. The van der Waals surface area contributed by atoms with Gasteiger partial charge in [0, 0.05) is 11.4 Å². The summed E-state index contributed by atoms with van der Waals surface area (Å²) in [5, 5.41) is 2.05. The summed E-state index contributed by atoms with van der Waals surface area (Å²) in [5.41, 5.74) is 1.21. The van der Waals surface area contributed by atoms with E-state index in [-0.39, 0.29) is 5.91 Å². The number of aryl methyl sites for hydroxylation is 1. The Morgan fingerprint density at radius 2 is 2.15 bits per heavy atom. The number of unbranched alkanes of at least 4 members (excludes halogenated alkanes) is 3. The summed E-state index contributed by atoms with van der Waals surface area (Å²) in [7, 11) is 0. The lowest BCUT2D eigenvalue weighted by Crippen LogP contribution is -2.28. The molecule has 1 aliphatic rings. The van der Waals surface area contributed by atoms with Crippen molar-refractivity contribution in [3.63, 3.8) is 0 Å². The fourth-order valence-electron chi connectivity index (χ4n) is 2.04. The van der Waals surface area contributed by atoms with Crippen molar-refractivity contribution in [1.29, 1.82) is 0 Å². The van der Waals surface area contributed by atoms with Gasteiger partial charge in [-0.15, -0.1) is 11.3 Å². The van der Waals surface area contributed by atoms with E-state index in [0.29, 0.717) is 4.32 Å². The first-order chi connectivity index (χ1) is 9.63. The number of hydrogen-bond donors (Lipinski definition) is 0.